The van der Waals surface area contributed by atoms with E-state index in [-0.39, 0.29) is 30.6 Å². The summed E-state index contributed by atoms with van der Waals surface area (Å²) in [6.07, 6.45) is 2.42. The third kappa shape index (κ3) is 8.66. The molecule has 7 nitrogen and oxygen atoms in total. The number of likely N-dealkylation sites (tertiary alicyclic amines) is 1. The molecule has 1 atom stereocenters. The molecule has 3 rings (SSSR count). The van der Waals surface area contributed by atoms with Crippen LogP contribution in [-0.2, 0) is 17.9 Å². The number of carbonyl (C=O) groups excluding carboxylic acids is 1. The zero-order valence-corrected chi connectivity index (χ0v) is 21.0. The van der Waals surface area contributed by atoms with Crippen LogP contribution in [0.25, 0.3) is 0 Å². The third-order valence-electron chi connectivity index (χ3n) is 5.28. The van der Waals surface area contributed by atoms with E-state index < -0.39 is 5.91 Å². The van der Waals surface area contributed by atoms with Gasteiger partial charge in [0.15, 0.2) is 12.6 Å². The highest BCUT2D eigenvalue weighted by Crippen LogP contribution is 2.19. The average molecular weight is 551 g/mol. The fraction of sp³-hybridized carbons (Fsp3) is 0.417. The Hall–Kier alpha value is -2.33. The van der Waals surface area contributed by atoms with E-state index in [4.69, 9.17) is 15.5 Å². The van der Waals surface area contributed by atoms with Crippen molar-refractivity contribution in [1.29, 1.82) is 0 Å². The van der Waals surface area contributed by atoms with Crippen LogP contribution in [0.1, 0.15) is 30.9 Å². The van der Waals surface area contributed by atoms with Crippen molar-refractivity contribution in [3.63, 3.8) is 0 Å². The molecule has 32 heavy (non-hydrogen) atoms. The van der Waals surface area contributed by atoms with Crippen molar-refractivity contribution in [2.75, 3.05) is 26.2 Å². The van der Waals surface area contributed by atoms with E-state index in [2.05, 4.69) is 52.8 Å². The fourth-order valence-electron chi connectivity index (χ4n) is 3.77. The molecule has 0 bridgehead atoms. The van der Waals surface area contributed by atoms with Crippen LogP contribution in [0, 0.1) is 0 Å². The quantitative estimate of drug-likeness (QED) is 0.240. The molecule has 0 spiro atoms. The highest BCUT2D eigenvalue weighted by atomic mass is 127. The van der Waals surface area contributed by atoms with Gasteiger partial charge < -0.3 is 21.1 Å². The van der Waals surface area contributed by atoms with E-state index in [0.29, 0.717) is 18.3 Å². The van der Waals surface area contributed by atoms with Crippen LogP contribution < -0.4 is 21.1 Å². The molecule has 0 saturated carbocycles. The minimum atomic E-state index is -0.490. The lowest BCUT2D eigenvalue weighted by molar-refractivity contribution is -0.119. The van der Waals surface area contributed by atoms with E-state index in [1.54, 1.807) is 6.07 Å². The molecule has 1 amide bonds. The summed E-state index contributed by atoms with van der Waals surface area (Å²) in [4.78, 5) is 18.2. The summed E-state index contributed by atoms with van der Waals surface area (Å²) in [5.74, 6) is 0.930. The van der Waals surface area contributed by atoms with E-state index in [9.17, 15) is 4.79 Å². The number of primary amides is 1. The molecular formula is C24H34IN5O2. The molecular weight excluding hydrogens is 517 g/mol. The zero-order chi connectivity index (χ0) is 21.9. The number of hydrogen-bond donors (Lipinski definition) is 3. The Kier molecular flexibility index (Phi) is 11.3. The largest absolute Gasteiger partial charge is 0.484 e. The maximum Gasteiger partial charge on any atom is 0.255 e. The van der Waals surface area contributed by atoms with Crippen LogP contribution in [0.4, 0.5) is 0 Å². The Labute approximate surface area is 207 Å². The standard InChI is InChI=1S/C24H33N5O2.HI/c1-2-26-24(27-15-20-10-6-12-22(14-20)31-18-23(25)30)28-16-21-11-7-13-29(21)17-19-8-4-3-5-9-19;/h3-6,8-10,12,14,21H,2,7,11,13,15-18H2,1H3,(H2,25,30)(H2,26,27,28);1H. The number of nitrogens with one attached hydrogen (secondary N) is 2. The first-order valence-electron chi connectivity index (χ1n) is 10.9. The van der Waals surface area contributed by atoms with E-state index in [1.807, 2.05) is 18.2 Å². The number of aliphatic imine (C=N–C) groups is 1. The molecule has 1 aliphatic rings. The van der Waals surface area contributed by atoms with E-state index in [1.165, 1.54) is 18.4 Å². The number of benzene rings is 2. The van der Waals surface area contributed by atoms with Crippen molar-refractivity contribution in [3.8, 4) is 5.75 Å². The minimum Gasteiger partial charge on any atom is -0.484 e. The minimum absolute atomic E-state index is 0. The second-order valence-corrected chi connectivity index (χ2v) is 7.73. The molecule has 1 fully saturated rings. The summed E-state index contributed by atoms with van der Waals surface area (Å²) in [5, 5.41) is 6.83. The summed E-state index contributed by atoms with van der Waals surface area (Å²) in [6.45, 7) is 6.23. The molecule has 174 valence electrons. The highest BCUT2D eigenvalue weighted by Gasteiger charge is 2.24. The number of guanidine groups is 1. The van der Waals surface area contributed by atoms with Crippen molar-refractivity contribution in [1.82, 2.24) is 15.5 Å². The molecule has 0 aromatic heterocycles. The Morgan fingerprint density at radius 2 is 1.94 bits per heavy atom. The number of nitrogens with two attached hydrogens (primary N) is 1. The maximum atomic E-state index is 10.9. The maximum absolute atomic E-state index is 10.9. The van der Waals surface area contributed by atoms with Gasteiger partial charge in [-0.05, 0) is 49.6 Å². The van der Waals surface area contributed by atoms with Gasteiger partial charge in [-0.15, -0.1) is 24.0 Å². The van der Waals surface area contributed by atoms with Crippen LogP contribution in [0.15, 0.2) is 59.6 Å². The predicted molar refractivity (Wildman–Crippen MR) is 139 cm³/mol. The Bertz CT molecular complexity index is 862. The molecule has 1 aliphatic heterocycles. The van der Waals surface area contributed by atoms with E-state index in [0.717, 1.165) is 37.7 Å². The summed E-state index contributed by atoms with van der Waals surface area (Å²) < 4.78 is 5.38. The number of nitrogens with zero attached hydrogens (tertiary/aromatic N) is 2. The first kappa shape index (κ1) is 25.9. The van der Waals surface area contributed by atoms with Crippen LogP contribution in [0.3, 0.4) is 0 Å². The number of hydrogen-bond acceptors (Lipinski definition) is 4. The van der Waals surface area contributed by atoms with Gasteiger partial charge in [0.25, 0.3) is 5.91 Å². The van der Waals surface area contributed by atoms with Gasteiger partial charge in [0, 0.05) is 25.7 Å². The lowest BCUT2D eigenvalue weighted by Crippen LogP contribution is -2.44. The highest BCUT2D eigenvalue weighted by molar-refractivity contribution is 14.0. The number of ether oxygens (including phenoxy) is 1. The van der Waals surface area contributed by atoms with Crippen molar-refractivity contribution < 1.29 is 9.53 Å². The van der Waals surface area contributed by atoms with E-state index >= 15 is 0 Å². The lowest BCUT2D eigenvalue weighted by atomic mass is 10.2. The van der Waals surface area contributed by atoms with Crippen LogP contribution in [-0.4, -0.2) is 49.0 Å². The molecule has 1 heterocycles. The molecule has 0 aliphatic carbocycles. The summed E-state index contributed by atoms with van der Waals surface area (Å²) >= 11 is 0. The second-order valence-electron chi connectivity index (χ2n) is 7.73. The van der Waals surface area contributed by atoms with Gasteiger partial charge in [-0.25, -0.2) is 4.99 Å². The zero-order valence-electron chi connectivity index (χ0n) is 18.6. The first-order valence-corrected chi connectivity index (χ1v) is 10.9. The molecule has 1 unspecified atom stereocenters. The second kappa shape index (κ2) is 13.9. The van der Waals surface area contributed by atoms with Crippen LogP contribution in [0.2, 0.25) is 0 Å². The van der Waals surface area contributed by atoms with Crippen LogP contribution >= 0.6 is 24.0 Å². The molecule has 0 radical (unpaired) electrons. The van der Waals surface area contributed by atoms with Gasteiger partial charge in [-0.1, -0.05) is 42.5 Å². The Balaban J connectivity index is 0.00000363. The Morgan fingerprint density at radius 1 is 1.16 bits per heavy atom. The van der Waals surface area contributed by atoms with Gasteiger partial charge in [0.1, 0.15) is 5.75 Å². The number of rotatable bonds is 10. The topological polar surface area (TPSA) is 92.0 Å². The van der Waals surface area contributed by atoms with Gasteiger partial charge >= 0.3 is 0 Å². The van der Waals surface area contributed by atoms with Gasteiger partial charge in [-0.3, -0.25) is 9.69 Å². The third-order valence-corrected chi connectivity index (χ3v) is 5.28. The molecule has 4 N–H and O–H groups in total. The van der Waals surface area contributed by atoms with Crippen molar-refractivity contribution in [2.24, 2.45) is 10.7 Å². The van der Waals surface area contributed by atoms with Gasteiger partial charge in [0.05, 0.1) is 6.54 Å². The van der Waals surface area contributed by atoms with Crippen LogP contribution in [0.5, 0.6) is 5.75 Å². The van der Waals surface area contributed by atoms with Crippen molar-refractivity contribution in [3.05, 3.63) is 65.7 Å². The number of halogens is 1. The number of carbonyl (C=O) groups is 1. The van der Waals surface area contributed by atoms with Gasteiger partial charge in [-0.2, -0.15) is 0 Å². The normalized spacial score (nSPS) is 16.3. The molecule has 2 aromatic rings. The number of amides is 1. The SMILES string of the molecule is CCNC(=NCc1cccc(OCC(N)=O)c1)NCC1CCCN1Cc1ccccc1.I. The smallest absolute Gasteiger partial charge is 0.255 e. The first-order chi connectivity index (χ1) is 15.1. The lowest BCUT2D eigenvalue weighted by Gasteiger charge is -2.25. The van der Waals surface area contributed by atoms with Crippen molar-refractivity contribution in [2.45, 2.75) is 38.9 Å². The molecule has 1 saturated heterocycles. The molecule has 8 heteroatoms. The summed E-state index contributed by atoms with van der Waals surface area (Å²) in [7, 11) is 0. The summed E-state index contributed by atoms with van der Waals surface area (Å²) in [6, 6.07) is 18.7. The molecule has 2 aromatic carbocycles. The predicted octanol–water partition coefficient (Wildman–Crippen LogP) is 2.89. The average Bonchev–Trinajstić information content (AvgIpc) is 3.22. The monoisotopic (exact) mass is 551 g/mol. The Morgan fingerprint density at radius 3 is 2.69 bits per heavy atom. The summed E-state index contributed by atoms with van der Waals surface area (Å²) in [5.41, 5.74) is 7.50. The fourth-order valence-corrected chi connectivity index (χ4v) is 3.77. The van der Waals surface area contributed by atoms with Gasteiger partial charge in [0.2, 0.25) is 0 Å². The van der Waals surface area contributed by atoms with Crippen molar-refractivity contribution >= 4 is 35.8 Å².